The van der Waals surface area contributed by atoms with Gasteiger partial charge in [-0.3, -0.25) is 19.2 Å². The van der Waals surface area contributed by atoms with Crippen molar-refractivity contribution in [3.05, 3.63) is 0 Å². The van der Waals surface area contributed by atoms with E-state index in [0.717, 1.165) is 27.7 Å². The van der Waals surface area contributed by atoms with Crippen LogP contribution in [0, 0.1) is 0 Å². The van der Waals surface area contributed by atoms with Crippen LogP contribution >= 0.6 is 0 Å². The van der Waals surface area contributed by atoms with Crippen molar-refractivity contribution in [1.82, 2.24) is 21.3 Å². The molecule has 0 spiro atoms. The zero-order valence-corrected chi connectivity index (χ0v) is 54.2. The van der Waals surface area contributed by atoms with Crippen LogP contribution in [-0.2, 0) is 90.2 Å². The number of ether oxygens (including phenoxy) is 15. The number of aliphatic hydroxyl groups excluding tert-OH is 21. The van der Waals surface area contributed by atoms with Gasteiger partial charge in [-0.15, -0.1) is 0 Å². The van der Waals surface area contributed by atoms with Crippen LogP contribution in [0.25, 0.3) is 0 Å². The molecule has 25 N–H and O–H groups in total. The smallest absolute Gasteiger partial charge is 0.217 e. The van der Waals surface area contributed by atoms with Crippen LogP contribution in [0.1, 0.15) is 34.6 Å². The lowest BCUT2D eigenvalue weighted by molar-refractivity contribution is -0.402. The van der Waals surface area contributed by atoms with Gasteiger partial charge in [0.25, 0.3) is 0 Å². The van der Waals surface area contributed by atoms with E-state index in [1.54, 1.807) is 0 Å². The first-order valence-electron chi connectivity index (χ1n) is 32.0. The number of aliphatic hydroxyl groups is 21. The van der Waals surface area contributed by atoms with Crippen LogP contribution in [0.3, 0.4) is 0 Å². The van der Waals surface area contributed by atoms with E-state index in [-0.39, 0.29) is 0 Å². The van der Waals surface area contributed by atoms with Gasteiger partial charge in [0.1, 0.15) is 189 Å². The summed E-state index contributed by atoms with van der Waals surface area (Å²) in [5, 5.41) is 241. The highest BCUT2D eigenvalue weighted by atomic mass is 16.8. The Hall–Kier alpha value is -3.56. The van der Waals surface area contributed by atoms with E-state index < -0.39 is 315 Å². The summed E-state index contributed by atoms with van der Waals surface area (Å²) in [6, 6.07) is -7.15. The van der Waals surface area contributed by atoms with Crippen LogP contribution in [-0.4, -0.2) is 423 Å². The van der Waals surface area contributed by atoms with Gasteiger partial charge in [0.05, 0.1) is 52.4 Å². The Morgan fingerprint density at radius 1 is 0.280 bits per heavy atom. The number of rotatable bonds is 25. The lowest BCUT2D eigenvalue weighted by Gasteiger charge is -2.51. The fourth-order valence-corrected chi connectivity index (χ4v) is 12.9. The Bertz CT molecular complexity index is 2620. The van der Waals surface area contributed by atoms with Crippen molar-refractivity contribution in [2.45, 2.75) is 280 Å². The maximum atomic E-state index is 13.1. The molecule has 8 aliphatic heterocycles. The zero-order valence-electron chi connectivity index (χ0n) is 54.2. The number of carbonyl (C=O) groups is 4. The summed E-state index contributed by atoms with van der Waals surface area (Å²) in [5.74, 6) is -3.46. The second kappa shape index (κ2) is 35.7. The lowest BCUT2D eigenvalue weighted by atomic mass is 9.93. The minimum atomic E-state index is -2.36. The second-order valence-electron chi connectivity index (χ2n) is 25.3. The largest absolute Gasteiger partial charge is 0.394 e. The van der Waals surface area contributed by atoms with E-state index in [9.17, 15) is 126 Å². The zero-order chi connectivity index (χ0) is 73.8. The molecular formula is C56H94N4O40. The quantitative estimate of drug-likeness (QED) is 0.0404. The molecule has 0 aromatic rings. The predicted octanol–water partition coefficient (Wildman–Crippen LogP) is -16.8. The van der Waals surface area contributed by atoms with E-state index in [1.807, 2.05) is 0 Å². The molecule has 8 saturated heterocycles. The maximum absolute atomic E-state index is 13.1. The van der Waals surface area contributed by atoms with E-state index in [0.29, 0.717) is 0 Å². The van der Waals surface area contributed by atoms with Gasteiger partial charge in [-0.05, 0) is 6.92 Å². The van der Waals surface area contributed by atoms with Gasteiger partial charge in [-0.1, -0.05) is 0 Å². The lowest BCUT2D eigenvalue weighted by Crippen LogP contribution is -2.71. The van der Waals surface area contributed by atoms with Crippen molar-refractivity contribution in [3.8, 4) is 0 Å². The van der Waals surface area contributed by atoms with Gasteiger partial charge >= 0.3 is 0 Å². The molecule has 0 aromatic carbocycles. The first-order valence-corrected chi connectivity index (χ1v) is 32.0. The molecule has 44 nitrogen and oxygen atoms in total. The summed E-state index contributed by atoms with van der Waals surface area (Å²) in [7, 11) is 0. The first-order chi connectivity index (χ1) is 47.2. The van der Waals surface area contributed by atoms with Crippen LogP contribution in [0.5, 0.6) is 0 Å². The molecule has 8 fully saturated rings. The molecule has 578 valence electrons. The Morgan fingerprint density at radius 3 is 1.11 bits per heavy atom. The Morgan fingerprint density at radius 2 is 0.610 bits per heavy atom. The Balaban J connectivity index is 1.04. The molecule has 40 atom stereocenters. The SMILES string of the molecule is CC(=O)N[C@@H]1[C@@H](O[C@@H]2O[C@H](CO)[C@H](O)[C@H](O[C@@H]3O[C@H](CO)[C@@H](O[C@@H]4O[C@H](CO)[C@H](O)[C@H](O[C@H]5O[C@H](CO)[C@H](O)[C@H](O)[C@H]5NC(C)=O)[C@H]4O[C@@H]4O[C@@H](C)[C@@H](O)[C@@H](O)[C@@H]4O)[C@H](O)[C@H]3NC(C)=O)[C@H]2O)[C@@H](O)[C@@H](CO[C@@H]2O[C@H](CO)[C@@H](O[C@@H]3O[C@H](CO)[C@H](O)[C@H](O)[C@H]3O)[C@H](O)[C@H]2NC(C)=O)O[C@@H]1O. The van der Waals surface area contributed by atoms with Crippen molar-refractivity contribution in [1.29, 1.82) is 0 Å². The number of hydrogen-bond acceptors (Lipinski definition) is 40. The number of nitrogens with one attached hydrogen (secondary N) is 4. The number of amides is 4. The topological polar surface area (TPSA) is 680 Å². The molecule has 8 aliphatic rings. The standard InChI is InChI=1S/C56H94N4O40/c1-13-29(71)38(80)40(82)53(87-13)100-48-47(99-51-25(57-14(2)67)35(77)30(72)18(6-61)89-51)33(75)21(9-64)92-56(48)96-44-23(11-66)94-52(27(37(44)79)59-16(4)69)98-46-32(74)20(8-63)91-55(42(46)84)97-45-28(60-17(5)70)49(85)88-24(34(45)76)12-86-50-26(58-15(3)68)36(78)43(22(10-65)93-50)95-54-41(83)39(81)31(73)19(7-62)90-54/h13,18-56,61-66,71-85H,6-12H2,1-5H3,(H,57,67)(H,58,68)(H,59,69)(H,60,70)/t13-,18+,19+,20+,21+,22+,23+,24+,25+,26+,27+,28+,29+,30-,31-,32-,33-,34-,35+,36+,37+,38+,39-,40-,41+,42+,43+,44+,45+,46-,47-,48+,49-,50+,51+,52-,53-,54-,55-,56-/m0/s1. The highest BCUT2D eigenvalue weighted by Gasteiger charge is 2.60. The van der Waals surface area contributed by atoms with Crippen molar-refractivity contribution >= 4 is 23.6 Å². The Kier molecular flexibility index (Phi) is 29.3. The average molecular weight is 1460 g/mol. The molecule has 8 rings (SSSR count). The maximum Gasteiger partial charge on any atom is 0.217 e. The summed E-state index contributed by atoms with van der Waals surface area (Å²) in [5.41, 5.74) is 0. The van der Waals surface area contributed by atoms with E-state index in [4.69, 9.17) is 71.1 Å². The van der Waals surface area contributed by atoms with Gasteiger partial charge in [0.2, 0.25) is 23.6 Å². The second-order valence-corrected chi connectivity index (χ2v) is 25.3. The summed E-state index contributed by atoms with van der Waals surface area (Å²) < 4.78 is 88.5. The van der Waals surface area contributed by atoms with Crippen LogP contribution in [0.2, 0.25) is 0 Å². The average Bonchev–Trinajstić information content (AvgIpc) is 0.770. The van der Waals surface area contributed by atoms with Crippen LogP contribution in [0.4, 0.5) is 0 Å². The fourth-order valence-electron chi connectivity index (χ4n) is 12.9. The molecule has 44 heteroatoms. The minimum Gasteiger partial charge on any atom is -0.394 e. The van der Waals surface area contributed by atoms with Crippen molar-refractivity contribution in [2.75, 3.05) is 46.2 Å². The predicted molar refractivity (Wildman–Crippen MR) is 309 cm³/mol. The third kappa shape index (κ3) is 18.1. The Labute approximate surface area is 567 Å². The van der Waals surface area contributed by atoms with E-state index >= 15 is 0 Å². The number of carbonyl (C=O) groups excluding carboxylic acids is 4. The summed E-state index contributed by atoms with van der Waals surface area (Å²) >= 11 is 0. The van der Waals surface area contributed by atoms with Crippen molar-refractivity contribution in [2.24, 2.45) is 0 Å². The summed E-state index contributed by atoms with van der Waals surface area (Å²) in [6.07, 6.45) is -70.3. The van der Waals surface area contributed by atoms with E-state index in [1.165, 1.54) is 6.92 Å². The van der Waals surface area contributed by atoms with Crippen LogP contribution < -0.4 is 21.3 Å². The minimum absolute atomic E-state index is 0.813. The molecule has 0 aliphatic carbocycles. The van der Waals surface area contributed by atoms with Gasteiger partial charge in [0, 0.05) is 27.7 Å². The highest BCUT2D eigenvalue weighted by molar-refractivity contribution is 5.74. The molecule has 0 unspecified atom stereocenters. The van der Waals surface area contributed by atoms with Gasteiger partial charge in [-0.25, -0.2) is 0 Å². The summed E-state index contributed by atoms with van der Waals surface area (Å²) in [6.45, 7) is -1.89. The molecule has 100 heavy (non-hydrogen) atoms. The van der Waals surface area contributed by atoms with E-state index in [2.05, 4.69) is 21.3 Å². The third-order valence-electron chi connectivity index (χ3n) is 18.2. The molecule has 8 heterocycles. The monoisotopic (exact) mass is 1460 g/mol. The van der Waals surface area contributed by atoms with Gasteiger partial charge < -0.3 is 200 Å². The van der Waals surface area contributed by atoms with Crippen LogP contribution in [0.15, 0.2) is 0 Å². The van der Waals surface area contributed by atoms with Gasteiger partial charge in [0.15, 0.2) is 50.3 Å². The summed E-state index contributed by atoms with van der Waals surface area (Å²) in [4.78, 5) is 50.7. The highest BCUT2D eigenvalue weighted by Crippen LogP contribution is 2.39. The first kappa shape index (κ1) is 82.1. The molecule has 0 saturated carbocycles. The van der Waals surface area contributed by atoms with Crippen molar-refractivity contribution in [3.63, 3.8) is 0 Å². The molecule has 0 bridgehead atoms. The normalized spacial score (nSPS) is 48.7. The molecule has 0 aromatic heterocycles. The van der Waals surface area contributed by atoms with Crippen molar-refractivity contribution < 1.29 is 197 Å². The van der Waals surface area contributed by atoms with Gasteiger partial charge in [-0.2, -0.15) is 0 Å². The molecule has 0 radical (unpaired) electrons. The number of hydrogen-bond donors (Lipinski definition) is 25. The third-order valence-corrected chi connectivity index (χ3v) is 18.2. The fraction of sp³-hybridized carbons (Fsp3) is 0.929. The molecule has 4 amide bonds. The molecular weight excluding hydrogens is 1370 g/mol.